The Morgan fingerprint density at radius 3 is 2.56 bits per heavy atom. The summed E-state index contributed by atoms with van der Waals surface area (Å²) in [7, 11) is 0. The van der Waals surface area contributed by atoms with Gasteiger partial charge in [0.15, 0.2) is 5.13 Å². The van der Waals surface area contributed by atoms with Crippen LogP contribution in [0.2, 0.25) is 10.0 Å². The third-order valence-corrected chi connectivity index (χ3v) is 6.13. The molecule has 0 saturated carbocycles. The van der Waals surface area contributed by atoms with E-state index >= 15 is 0 Å². The molecular formula is C24H21Cl2N5O2S. The summed E-state index contributed by atoms with van der Waals surface area (Å²) in [6.07, 6.45) is 4.42. The summed E-state index contributed by atoms with van der Waals surface area (Å²) in [5.74, 6) is 1.06. The van der Waals surface area contributed by atoms with Crippen LogP contribution in [0, 0.1) is 0 Å². The van der Waals surface area contributed by atoms with Crippen molar-refractivity contribution in [3.05, 3.63) is 77.0 Å². The summed E-state index contributed by atoms with van der Waals surface area (Å²) >= 11 is 13.6. The highest BCUT2D eigenvalue weighted by atomic mass is 35.5. The topological polar surface area (TPSA) is 88.2 Å². The molecule has 0 bridgehead atoms. The van der Waals surface area contributed by atoms with Gasteiger partial charge in [0.1, 0.15) is 5.75 Å². The maximum Gasteiger partial charge on any atom is 0.323 e. The van der Waals surface area contributed by atoms with Crippen molar-refractivity contribution >= 4 is 57.1 Å². The number of amides is 2. The number of rotatable bonds is 8. The number of nitrogens with one attached hydrogen (secondary N) is 3. The van der Waals surface area contributed by atoms with Crippen LogP contribution in [0.5, 0.6) is 11.6 Å². The van der Waals surface area contributed by atoms with Crippen LogP contribution in [0.1, 0.15) is 13.3 Å². The predicted molar refractivity (Wildman–Crippen MR) is 140 cm³/mol. The molecule has 2 aromatic carbocycles. The Bertz CT molecular complexity index is 1260. The van der Waals surface area contributed by atoms with E-state index in [1.807, 2.05) is 30.5 Å². The van der Waals surface area contributed by atoms with E-state index in [1.54, 1.807) is 41.7 Å². The lowest BCUT2D eigenvalue weighted by Crippen LogP contribution is -2.19. The second kappa shape index (κ2) is 11.2. The molecule has 0 fully saturated rings. The largest absolute Gasteiger partial charge is 0.439 e. The maximum atomic E-state index is 12.2. The highest BCUT2D eigenvalue weighted by Crippen LogP contribution is 2.31. The molecule has 0 unspecified atom stereocenters. The second-order valence-corrected chi connectivity index (χ2v) is 9.05. The lowest BCUT2D eigenvalue weighted by molar-refractivity contribution is 0.262. The molecule has 0 aliphatic rings. The molecule has 34 heavy (non-hydrogen) atoms. The standard InChI is InChI=1S/C24H21Cl2N5O2S/c1-2-11-27-24-29-14-21(34-24)15-3-7-18(8-4-15)33-22-10-6-17(13-28-22)30-23(32)31-20-12-16(25)5-9-19(20)26/h3-10,12-14H,2,11H2,1H3,(H,27,29)(H2,30,31,32). The molecule has 4 aromatic rings. The smallest absolute Gasteiger partial charge is 0.323 e. The Balaban J connectivity index is 1.33. The number of hydrogen-bond acceptors (Lipinski definition) is 6. The van der Waals surface area contributed by atoms with Crippen LogP contribution >= 0.6 is 34.5 Å². The molecule has 7 nitrogen and oxygen atoms in total. The first-order valence-corrected chi connectivity index (χ1v) is 12.0. The number of halogens is 2. The molecule has 174 valence electrons. The number of anilines is 3. The van der Waals surface area contributed by atoms with E-state index in [0.717, 1.165) is 28.5 Å². The van der Waals surface area contributed by atoms with Gasteiger partial charge in [0.2, 0.25) is 5.88 Å². The average molecular weight is 514 g/mol. The van der Waals surface area contributed by atoms with E-state index in [4.69, 9.17) is 27.9 Å². The van der Waals surface area contributed by atoms with Crippen molar-refractivity contribution in [2.45, 2.75) is 13.3 Å². The molecular weight excluding hydrogens is 493 g/mol. The van der Waals surface area contributed by atoms with Crippen LogP contribution in [0.3, 0.4) is 0 Å². The Morgan fingerprint density at radius 1 is 1.00 bits per heavy atom. The predicted octanol–water partition coefficient (Wildman–Crippen LogP) is 7.77. The second-order valence-electron chi connectivity index (χ2n) is 7.17. The molecule has 4 rings (SSSR count). The van der Waals surface area contributed by atoms with Crippen molar-refractivity contribution in [1.82, 2.24) is 9.97 Å². The minimum Gasteiger partial charge on any atom is -0.439 e. The fourth-order valence-electron chi connectivity index (χ4n) is 2.92. The number of carbonyl (C=O) groups excluding carboxylic acids is 1. The molecule has 0 radical (unpaired) electrons. The van der Waals surface area contributed by atoms with Crippen LogP contribution in [0.25, 0.3) is 10.4 Å². The Kier molecular flexibility index (Phi) is 7.84. The number of hydrogen-bond donors (Lipinski definition) is 3. The van der Waals surface area contributed by atoms with Gasteiger partial charge >= 0.3 is 6.03 Å². The molecule has 0 atom stereocenters. The SMILES string of the molecule is CCCNc1ncc(-c2ccc(Oc3ccc(NC(=O)Nc4cc(Cl)ccc4Cl)cn3)cc2)s1. The summed E-state index contributed by atoms with van der Waals surface area (Å²) in [5.41, 5.74) is 1.97. The first-order chi connectivity index (χ1) is 16.5. The summed E-state index contributed by atoms with van der Waals surface area (Å²) in [5, 5.41) is 10.4. The molecule has 3 N–H and O–H groups in total. The van der Waals surface area contributed by atoms with Crippen LogP contribution in [-0.4, -0.2) is 22.5 Å². The highest BCUT2D eigenvalue weighted by Gasteiger charge is 2.08. The van der Waals surface area contributed by atoms with E-state index in [1.165, 1.54) is 6.20 Å². The van der Waals surface area contributed by atoms with Crippen molar-refractivity contribution in [1.29, 1.82) is 0 Å². The summed E-state index contributed by atoms with van der Waals surface area (Å²) in [4.78, 5) is 22.0. The fraction of sp³-hybridized carbons (Fsp3) is 0.125. The zero-order valence-corrected chi connectivity index (χ0v) is 20.5. The van der Waals surface area contributed by atoms with E-state index in [2.05, 4.69) is 32.8 Å². The normalized spacial score (nSPS) is 10.6. The van der Waals surface area contributed by atoms with Crippen molar-refractivity contribution in [3.8, 4) is 22.1 Å². The molecule has 0 saturated heterocycles. The Hall–Kier alpha value is -3.33. The van der Waals surface area contributed by atoms with Crippen molar-refractivity contribution in [2.75, 3.05) is 22.5 Å². The number of carbonyl (C=O) groups is 1. The fourth-order valence-corrected chi connectivity index (χ4v) is 4.11. The number of pyridine rings is 1. The molecule has 10 heteroatoms. The third kappa shape index (κ3) is 6.38. The van der Waals surface area contributed by atoms with E-state index in [0.29, 0.717) is 33.0 Å². The van der Waals surface area contributed by atoms with Crippen LogP contribution < -0.4 is 20.7 Å². The molecule has 2 heterocycles. The molecule has 0 aliphatic carbocycles. The van der Waals surface area contributed by atoms with Crippen LogP contribution in [0.4, 0.5) is 21.3 Å². The zero-order valence-electron chi connectivity index (χ0n) is 18.1. The lowest BCUT2D eigenvalue weighted by Gasteiger charge is -2.10. The molecule has 2 amide bonds. The number of aromatic nitrogens is 2. The highest BCUT2D eigenvalue weighted by molar-refractivity contribution is 7.18. The van der Waals surface area contributed by atoms with Crippen LogP contribution in [-0.2, 0) is 0 Å². The van der Waals surface area contributed by atoms with Crippen molar-refractivity contribution in [2.24, 2.45) is 0 Å². The number of thiazole rings is 1. The Morgan fingerprint density at radius 2 is 1.82 bits per heavy atom. The Labute approximate surface area is 211 Å². The van der Waals surface area contributed by atoms with Gasteiger partial charge < -0.3 is 20.7 Å². The van der Waals surface area contributed by atoms with Gasteiger partial charge in [-0.05, 0) is 60.5 Å². The van der Waals surface area contributed by atoms with Gasteiger partial charge in [-0.2, -0.15) is 0 Å². The minimum atomic E-state index is -0.466. The van der Waals surface area contributed by atoms with Gasteiger partial charge in [-0.15, -0.1) is 0 Å². The van der Waals surface area contributed by atoms with Crippen molar-refractivity contribution in [3.63, 3.8) is 0 Å². The maximum absolute atomic E-state index is 12.2. The summed E-state index contributed by atoms with van der Waals surface area (Å²) in [6.45, 7) is 3.02. The van der Waals surface area contributed by atoms with Gasteiger partial charge in [0.05, 0.1) is 27.5 Å². The van der Waals surface area contributed by atoms with E-state index in [-0.39, 0.29) is 0 Å². The van der Waals surface area contributed by atoms with Gasteiger partial charge in [-0.1, -0.05) is 41.5 Å². The number of urea groups is 1. The first kappa shape index (κ1) is 23.8. The summed E-state index contributed by atoms with van der Waals surface area (Å²) < 4.78 is 5.82. The average Bonchev–Trinajstić information content (AvgIpc) is 3.31. The van der Waals surface area contributed by atoms with Crippen LogP contribution in [0.15, 0.2) is 67.0 Å². The molecule has 2 aromatic heterocycles. The monoisotopic (exact) mass is 513 g/mol. The number of benzene rings is 2. The third-order valence-electron chi connectivity index (χ3n) is 4.56. The van der Waals surface area contributed by atoms with Gasteiger partial charge in [0, 0.05) is 23.8 Å². The van der Waals surface area contributed by atoms with Crippen molar-refractivity contribution < 1.29 is 9.53 Å². The van der Waals surface area contributed by atoms with E-state index < -0.39 is 6.03 Å². The number of nitrogens with zero attached hydrogens (tertiary/aromatic N) is 2. The van der Waals surface area contributed by atoms with Gasteiger partial charge in [0.25, 0.3) is 0 Å². The minimum absolute atomic E-state index is 0.386. The lowest BCUT2D eigenvalue weighted by atomic mass is 10.2. The van der Waals surface area contributed by atoms with Gasteiger partial charge in [-0.3, -0.25) is 0 Å². The number of ether oxygens (including phenoxy) is 1. The molecule has 0 aliphatic heterocycles. The quantitative estimate of drug-likeness (QED) is 0.224. The zero-order chi connectivity index (χ0) is 23.9. The van der Waals surface area contributed by atoms with E-state index in [9.17, 15) is 4.79 Å². The molecule has 0 spiro atoms. The first-order valence-electron chi connectivity index (χ1n) is 10.5. The summed E-state index contributed by atoms with van der Waals surface area (Å²) in [6, 6.07) is 15.4. The van der Waals surface area contributed by atoms with Gasteiger partial charge in [-0.25, -0.2) is 14.8 Å².